The molecule has 0 saturated heterocycles. The van der Waals surface area contributed by atoms with Gasteiger partial charge in [-0.15, -0.1) is 10.2 Å². The fourth-order valence-corrected chi connectivity index (χ4v) is 2.93. The number of methoxy groups -OCH3 is 1. The van der Waals surface area contributed by atoms with Crippen LogP contribution in [0.2, 0.25) is 0 Å². The number of aromatic nitrogens is 4. The summed E-state index contributed by atoms with van der Waals surface area (Å²) in [6.45, 7) is 0.104. The van der Waals surface area contributed by atoms with Crippen molar-refractivity contribution < 1.29 is 18.8 Å². The molecule has 0 aliphatic heterocycles. The number of benzene rings is 1. The first-order valence-electron chi connectivity index (χ1n) is 9.45. The zero-order valence-electron chi connectivity index (χ0n) is 16.6. The van der Waals surface area contributed by atoms with Crippen LogP contribution in [0.1, 0.15) is 29.2 Å². The molecule has 12 nitrogen and oxygen atoms in total. The number of ether oxygens (including phenoxy) is 1. The molecule has 3 aromatic rings. The number of hydrogen-bond donors (Lipinski definition) is 4. The Hall–Kier alpha value is -4.06. The third-order valence-corrected chi connectivity index (χ3v) is 4.60. The maximum absolute atomic E-state index is 12.0. The largest absolute Gasteiger partial charge is 0.494 e. The molecule has 31 heavy (non-hydrogen) atoms. The van der Waals surface area contributed by atoms with Gasteiger partial charge in [0.1, 0.15) is 0 Å². The van der Waals surface area contributed by atoms with E-state index in [9.17, 15) is 9.59 Å². The van der Waals surface area contributed by atoms with E-state index in [1.165, 1.54) is 13.2 Å². The molecule has 12 heteroatoms. The maximum atomic E-state index is 12.0. The van der Waals surface area contributed by atoms with E-state index in [0.29, 0.717) is 22.8 Å². The van der Waals surface area contributed by atoms with E-state index in [2.05, 4.69) is 31.0 Å². The minimum atomic E-state index is -0.782. The molecule has 2 amide bonds. The van der Waals surface area contributed by atoms with Gasteiger partial charge in [-0.25, -0.2) is 0 Å². The van der Waals surface area contributed by atoms with Gasteiger partial charge in [-0.1, -0.05) is 11.2 Å². The number of amides is 2. The Balaban J connectivity index is 1.69. The molecule has 0 spiro atoms. The smallest absolute Gasteiger partial charge is 0.271 e. The molecule has 2 aromatic heterocycles. The number of carbonyl (C=O) groups excluding carboxylic acids is 2. The molecule has 1 fully saturated rings. The highest BCUT2D eigenvalue weighted by Crippen LogP contribution is 2.37. The summed E-state index contributed by atoms with van der Waals surface area (Å²) in [5.41, 5.74) is 12.2. The lowest BCUT2D eigenvalue weighted by molar-refractivity contribution is -0.117. The molecule has 0 unspecified atom stereocenters. The van der Waals surface area contributed by atoms with Gasteiger partial charge in [-0.3, -0.25) is 9.59 Å². The van der Waals surface area contributed by atoms with E-state index in [4.69, 9.17) is 20.7 Å². The van der Waals surface area contributed by atoms with Gasteiger partial charge in [0.2, 0.25) is 17.6 Å². The molecule has 2 heterocycles. The monoisotopic (exact) mass is 424 g/mol. The first kappa shape index (κ1) is 20.2. The Morgan fingerprint density at radius 3 is 2.71 bits per heavy atom. The predicted molar refractivity (Wildman–Crippen MR) is 109 cm³/mol. The van der Waals surface area contributed by atoms with E-state index >= 15 is 0 Å². The summed E-state index contributed by atoms with van der Waals surface area (Å²) >= 11 is 0. The van der Waals surface area contributed by atoms with Gasteiger partial charge in [0.25, 0.3) is 5.91 Å². The summed E-state index contributed by atoms with van der Waals surface area (Å²) < 4.78 is 10.6. The van der Waals surface area contributed by atoms with Gasteiger partial charge in [0.05, 0.1) is 30.6 Å². The van der Waals surface area contributed by atoms with Gasteiger partial charge in [-0.05, 0) is 25.0 Å². The van der Waals surface area contributed by atoms with Crippen LogP contribution in [0.5, 0.6) is 5.75 Å². The summed E-state index contributed by atoms with van der Waals surface area (Å²) in [6, 6.07) is 6.70. The van der Waals surface area contributed by atoms with Gasteiger partial charge < -0.3 is 31.4 Å². The SMILES string of the molecule is COc1c(Nc2cc(NC(=O)C3CC3)nnc2C(N)=O)cccc1-c1noc(CN)n1. The summed E-state index contributed by atoms with van der Waals surface area (Å²) in [5.74, 6) is 0.227. The molecular formula is C19H20N8O4. The van der Waals surface area contributed by atoms with Crippen LogP contribution in [0, 0.1) is 5.92 Å². The van der Waals surface area contributed by atoms with Crippen molar-refractivity contribution >= 4 is 29.0 Å². The van der Waals surface area contributed by atoms with Gasteiger partial charge in [0.15, 0.2) is 17.3 Å². The number of nitrogens with one attached hydrogen (secondary N) is 2. The van der Waals surface area contributed by atoms with E-state index < -0.39 is 5.91 Å². The average Bonchev–Trinajstić information content (AvgIpc) is 3.51. The van der Waals surface area contributed by atoms with Crippen LogP contribution >= 0.6 is 0 Å². The molecule has 0 bridgehead atoms. The van der Waals surface area contributed by atoms with E-state index in [1.807, 2.05) is 0 Å². The van der Waals surface area contributed by atoms with Crippen molar-refractivity contribution in [1.82, 2.24) is 20.3 Å². The quantitative estimate of drug-likeness (QED) is 0.409. The molecule has 1 saturated carbocycles. The van der Waals surface area contributed by atoms with E-state index in [1.54, 1.807) is 18.2 Å². The van der Waals surface area contributed by atoms with E-state index in [-0.39, 0.29) is 41.5 Å². The summed E-state index contributed by atoms with van der Waals surface area (Å²) in [6.07, 6.45) is 1.69. The fourth-order valence-electron chi connectivity index (χ4n) is 2.93. The van der Waals surface area contributed by atoms with Crippen molar-refractivity contribution in [2.24, 2.45) is 17.4 Å². The summed E-state index contributed by atoms with van der Waals surface area (Å²) in [5, 5.41) is 17.4. The molecule has 0 radical (unpaired) electrons. The highest BCUT2D eigenvalue weighted by Gasteiger charge is 2.30. The van der Waals surface area contributed by atoms with Crippen LogP contribution in [0.3, 0.4) is 0 Å². The second kappa shape index (κ2) is 8.36. The van der Waals surface area contributed by atoms with Crippen LogP contribution in [-0.2, 0) is 11.3 Å². The van der Waals surface area contributed by atoms with Crippen LogP contribution in [-0.4, -0.2) is 39.3 Å². The molecule has 1 aromatic carbocycles. The lowest BCUT2D eigenvalue weighted by Crippen LogP contribution is -2.19. The standard InChI is InChI=1S/C19H20N8O4/c1-30-16-10(18-24-14(8-20)31-27-18)3-2-4-11(16)22-12-7-13(23-19(29)9-5-6-9)25-26-15(12)17(21)28/h2-4,7,9H,5-6,8,20H2,1H3,(H2,21,28)(H2,22,23,25,29). The van der Waals surface area contributed by atoms with Crippen molar-refractivity contribution in [3.05, 3.63) is 35.9 Å². The van der Waals surface area contributed by atoms with Gasteiger partial charge in [-0.2, -0.15) is 4.98 Å². The lowest BCUT2D eigenvalue weighted by Gasteiger charge is -2.15. The van der Waals surface area contributed by atoms with Crippen molar-refractivity contribution in [2.45, 2.75) is 19.4 Å². The van der Waals surface area contributed by atoms with Gasteiger partial charge in [0, 0.05) is 12.0 Å². The number of carbonyl (C=O) groups is 2. The van der Waals surface area contributed by atoms with Crippen molar-refractivity contribution in [3.8, 4) is 17.1 Å². The Labute approximate surface area is 176 Å². The summed E-state index contributed by atoms with van der Waals surface area (Å²) in [7, 11) is 1.48. The maximum Gasteiger partial charge on any atom is 0.271 e. The van der Waals surface area contributed by atoms with Crippen molar-refractivity contribution in [1.29, 1.82) is 0 Å². The van der Waals surface area contributed by atoms with E-state index in [0.717, 1.165) is 12.8 Å². The number of rotatable bonds is 8. The third kappa shape index (κ3) is 4.28. The predicted octanol–water partition coefficient (Wildman–Crippen LogP) is 1.18. The second-order valence-corrected chi connectivity index (χ2v) is 6.85. The molecule has 0 atom stereocenters. The minimum Gasteiger partial charge on any atom is -0.494 e. The normalized spacial score (nSPS) is 13.0. The minimum absolute atomic E-state index is 0.0147. The Bertz CT molecular complexity index is 1140. The van der Waals surface area contributed by atoms with Gasteiger partial charge >= 0.3 is 0 Å². The Morgan fingerprint density at radius 1 is 1.26 bits per heavy atom. The topological polar surface area (TPSA) is 184 Å². The van der Waals surface area contributed by atoms with Crippen LogP contribution in [0.15, 0.2) is 28.8 Å². The zero-order chi connectivity index (χ0) is 22.0. The fraction of sp³-hybridized carbons (Fsp3) is 0.263. The zero-order valence-corrected chi connectivity index (χ0v) is 16.6. The lowest BCUT2D eigenvalue weighted by atomic mass is 10.1. The van der Waals surface area contributed by atoms with Crippen LogP contribution in [0.25, 0.3) is 11.4 Å². The highest BCUT2D eigenvalue weighted by atomic mass is 16.5. The molecule has 4 rings (SSSR count). The summed E-state index contributed by atoms with van der Waals surface area (Å²) in [4.78, 5) is 28.1. The Kier molecular flexibility index (Phi) is 5.45. The first-order valence-corrected chi connectivity index (χ1v) is 9.45. The third-order valence-electron chi connectivity index (χ3n) is 4.60. The van der Waals surface area contributed by atoms with Crippen LogP contribution < -0.4 is 26.8 Å². The van der Waals surface area contributed by atoms with Crippen LogP contribution in [0.4, 0.5) is 17.2 Å². The number of hydrogen-bond acceptors (Lipinski definition) is 10. The number of nitrogens with two attached hydrogens (primary N) is 2. The first-order chi connectivity index (χ1) is 15.0. The number of nitrogens with zero attached hydrogens (tertiary/aromatic N) is 4. The van der Waals surface area contributed by atoms with Crippen molar-refractivity contribution in [3.63, 3.8) is 0 Å². The number of para-hydroxylation sites is 1. The molecule has 6 N–H and O–H groups in total. The van der Waals surface area contributed by atoms with Crippen molar-refractivity contribution in [2.75, 3.05) is 17.7 Å². The second-order valence-electron chi connectivity index (χ2n) is 6.85. The molecular weight excluding hydrogens is 404 g/mol. The Morgan fingerprint density at radius 2 is 2.06 bits per heavy atom. The number of anilines is 3. The molecule has 160 valence electrons. The molecule has 1 aliphatic carbocycles. The number of primary amides is 1. The highest BCUT2D eigenvalue weighted by molar-refractivity contribution is 5.99. The average molecular weight is 424 g/mol. The molecule has 1 aliphatic rings.